The van der Waals surface area contributed by atoms with Crippen LogP contribution < -0.4 is 4.31 Å². The summed E-state index contributed by atoms with van der Waals surface area (Å²) >= 11 is 2.97. The van der Waals surface area contributed by atoms with Gasteiger partial charge in [-0.2, -0.15) is 0 Å². The van der Waals surface area contributed by atoms with Crippen LogP contribution >= 0.6 is 22.7 Å². The lowest BCUT2D eigenvalue weighted by Crippen LogP contribution is -2.33. The second kappa shape index (κ2) is 10.7. The van der Waals surface area contributed by atoms with Crippen molar-refractivity contribution in [1.82, 2.24) is 19.9 Å². The van der Waals surface area contributed by atoms with Crippen molar-refractivity contribution < 1.29 is 8.42 Å². The smallest absolute Gasteiger partial charge is 0.273 e. The predicted molar refractivity (Wildman–Crippen MR) is 162 cm³/mol. The third-order valence-corrected chi connectivity index (χ3v) is 12.0. The summed E-state index contributed by atoms with van der Waals surface area (Å²) in [7, 11) is -3.64. The van der Waals surface area contributed by atoms with Gasteiger partial charge >= 0.3 is 0 Å². The van der Waals surface area contributed by atoms with Gasteiger partial charge in [0.1, 0.15) is 9.22 Å². The van der Waals surface area contributed by atoms with Crippen LogP contribution in [0.5, 0.6) is 0 Å². The maximum Gasteiger partial charge on any atom is 0.273 e. The number of anilines is 1. The van der Waals surface area contributed by atoms with E-state index in [1.54, 1.807) is 27.8 Å². The Labute approximate surface area is 242 Å². The number of nitrogens with zero attached hydrogens (tertiary/aromatic N) is 4. The Morgan fingerprint density at radius 3 is 2.77 bits per heavy atom. The number of hydrogen-bond donors (Lipinski definition) is 1. The minimum atomic E-state index is -3.64. The number of H-pyrrole nitrogens is 1. The molecule has 7 rings (SSSR count). The number of fused-ring (bicyclic) bond motifs is 1. The zero-order valence-corrected chi connectivity index (χ0v) is 24.5. The summed E-state index contributed by atoms with van der Waals surface area (Å²) in [5.41, 5.74) is 3.64. The molecule has 1 unspecified atom stereocenters. The Hall–Kier alpha value is -3.05. The van der Waals surface area contributed by atoms with Crippen molar-refractivity contribution in [2.75, 3.05) is 23.9 Å². The largest absolute Gasteiger partial charge is 0.351 e. The van der Waals surface area contributed by atoms with Crippen LogP contribution in [0.1, 0.15) is 42.2 Å². The number of pyridine rings is 1. The predicted octanol–water partition coefficient (Wildman–Crippen LogP) is 6.73. The topological polar surface area (TPSA) is 82.2 Å². The third-order valence-electron chi connectivity index (χ3n) is 7.84. The van der Waals surface area contributed by atoms with E-state index in [0.717, 1.165) is 54.1 Å². The van der Waals surface area contributed by atoms with Crippen molar-refractivity contribution in [2.24, 2.45) is 5.92 Å². The van der Waals surface area contributed by atoms with Crippen molar-refractivity contribution in [3.8, 4) is 10.7 Å². The minimum absolute atomic E-state index is 0.379. The number of piperidine rings is 1. The Morgan fingerprint density at radius 2 is 1.98 bits per heavy atom. The summed E-state index contributed by atoms with van der Waals surface area (Å²) in [5.74, 6) is 0.881. The van der Waals surface area contributed by atoms with Crippen LogP contribution in [0.3, 0.4) is 0 Å². The number of sulfonamides is 1. The number of aromatic nitrogens is 3. The van der Waals surface area contributed by atoms with Crippen LogP contribution in [0.4, 0.5) is 5.69 Å². The normalized spacial score (nSPS) is 18.4. The standard InChI is InChI=1S/C30H31N5O2S3/c36-40(37,28-10-5-15-38-28)35(18-21-11-12-21)27-9-3-6-22-16-26(33-29(22)27)30-32-17-24(39-30)20-34-14-4-7-23(19-34)25-8-1-2-13-31-25/h1-3,5-6,8-10,13,15-17,21,23,33H,4,7,11-12,14,18-20H2. The lowest BCUT2D eigenvalue weighted by atomic mass is 9.94. The number of hydrogen-bond acceptors (Lipinski definition) is 7. The van der Waals surface area contributed by atoms with Gasteiger partial charge in [0.2, 0.25) is 0 Å². The molecule has 1 saturated carbocycles. The molecular weight excluding hydrogens is 559 g/mol. The Kier molecular flexibility index (Phi) is 6.95. The molecule has 1 atom stereocenters. The van der Waals surface area contributed by atoms with Gasteiger partial charge in [0, 0.05) is 53.9 Å². The lowest BCUT2D eigenvalue weighted by molar-refractivity contribution is 0.200. The molecule has 0 radical (unpaired) electrons. The van der Waals surface area contributed by atoms with E-state index in [2.05, 4.69) is 33.1 Å². The second-order valence-electron chi connectivity index (χ2n) is 10.8. The number of thiophene rings is 1. The zero-order valence-electron chi connectivity index (χ0n) is 22.1. The van der Waals surface area contributed by atoms with Crippen molar-refractivity contribution in [1.29, 1.82) is 0 Å². The highest BCUT2D eigenvalue weighted by Crippen LogP contribution is 2.39. The molecule has 206 valence electrons. The van der Waals surface area contributed by atoms with Crippen LogP contribution in [0, 0.1) is 5.92 Å². The summed E-state index contributed by atoms with van der Waals surface area (Å²) in [6.07, 6.45) is 8.37. The molecule has 4 aromatic heterocycles. The molecule has 7 nitrogen and oxygen atoms in total. The van der Waals surface area contributed by atoms with E-state index in [-0.39, 0.29) is 0 Å². The van der Waals surface area contributed by atoms with Gasteiger partial charge in [-0.05, 0) is 73.9 Å². The summed E-state index contributed by atoms with van der Waals surface area (Å²) in [5, 5.41) is 3.73. The first-order valence-electron chi connectivity index (χ1n) is 13.8. The van der Waals surface area contributed by atoms with E-state index in [1.165, 1.54) is 34.7 Å². The summed E-state index contributed by atoms with van der Waals surface area (Å²) in [6.45, 7) is 3.47. The molecule has 2 aliphatic rings. The number of nitrogens with one attached hydrogen (secondary N) is 1. The molecule has 40 heavy (non-hydrogen) atoms. The first-order chi connectivity index (χ1) is 19.5. The first-order valence-corrected chi connectivity index (χ1v) is 16.9. The monoisotopic (exact) mass is 589 g/mol. The molecule has 5 aromatic rings. The molecule has 1 aliphatic heterocycles. The average molecular weight is 590 g/mol. The van der Waals surface area contributed by atoms with Crippen LogP contribution in [0.15, 0.2) is 76.6 Å². The summed E-state index contributed by atoms with van der Waals surface area (Å²) in [6, 6.07) is 17.7. The molecule has 1 saturated heterocycles. The van der Waals surface area contributed by atoms with Crippen LogP contribution in [0.2, 0.25) is 0 Å². The van der Waals surface area contributed by atoms with Crippen molar-refractivity contribution >= 4 is 49.3 Å². The number of likely N-dealkylation sites (tertiary alicyclic amines) is 1. The molecule has 0 amide bonds. The van der Waals surface area contributed by atoms with Gasteiger partial charge in [0.05, 0.1) is 16.9 Å². The van der Waals surface area contributed by atoms with Crippen LogP contribution in [0.25, 0.3) is 21.6 Å². The molecule has 2 fully saturated rings. The average Bonchev–Trinajstić information content (AvgIpc) is 3.36. The summed E-state index contributed by atoms with van der Waals surface area (Å²) in [4.78, 5) is 16.6. The Bertz CT molecular complexity index is 1710. The molecule has 1 aliphatic carbocycles. The van der Waals surface area contributed by atoms with E-state index in [0.29, 0.717) is 28.3 Å². The van der Waals surface area contributed by atoms with E-state index in [9.17, 15) is 8.42 Å². The second-order valence-corrected chi connectivity index (χ2v) is 14.9. The fourth-order valence-corrected chi connectivity index (χ4v) is 9.21. The number of benzene rings is 1. The van der Waals surface area contributed by atoms with Gasteiger partial charge in [-0.1, -0.05) is 24.3 Å². The van der Waals surface area contributed by atoms with Crippen LogP contribution in [-0.4, -0.2) is 47.9 Å². The number of thiazole rings is 1. The van der Waals surface area contributed by atoms with E-state index in [4.69, 9.17) is 4.98 Å². The molecule has 0 spiro atoms. The Morgan fingerprint density at radius 1 is 1.05 bits per heavy atom. The highest BCUT2D eigenvalue weighted by Gasteiger charge is 2.34. The zero-order chi connectivity index (χ0) is 27.1. The maximum absolute atomic E-state index is 13.7. The van der Waals surface area contributed by atoms with Gasteiger partial charge in [0.15, 0.2) is 0 Å². The third kappa shape index (κ3) is 5.21. The van der Waals surface area contributed by atoms with E-state index >= 15 is 0 Å². The fraction of sp³-hybridized carbons (Fsp3) is 0.333. The van der Waals surface area contributed by atoms with Gasteiger partial charge in [-0.3, -0.25) is 14.2 Å². The SMILES string of the molecule is O=S(=O)(c1cccs1)N(CC1CC1)c1cccc2cc(-c3ncc(CN4CCCC(c5ccccn5)C4)s3)[nH]c12. The van der Waals surface area contributed by atoms with E-state index < -0.39 is 10.0 Å². The molecule has 1 N–H and O–H groups in total. The maximum atomic E-state index is 13.7. The van der Waals surface area contributed by atoms with Gasteiger partial charge < -0.3 is 4.98 Å². The molecule has 0 bridgehead atoms. The summed E-state index contributed by atoms with van der Waals surface area (Å²) < 4.78 is 29.4. The molecular formula is C30H31N5O2S3. The highest BCUT2D eigenvalue weighted by atomic mass is 32.2. The van der Waals surface area contributed by atoms with Crippen molar-refractivity contribution in [3.63, 3.8) is 0 Å². The van der Waals surface area contributed by atoms with Gasteiger partial charge in [-0.15, -0.1) is 22.7 Å². The van der Waals surface area contributed by atoms with E-state index in [1.807, 2.05) is 42.0 Å². The number of aromatic amines is 1. The van der Waals surface area contributed by atoms with Gasteiger partial charge in [-0.25, -0.2) is 13.4 Å². The van der Waals surface area contributed by atoms with Crippen molar-refractivity contribution in [2.45, 2.75) is 42.4 Å². The number of para-hydroxylation sites is 1. The fourth-order valence-electron chi connectivity index (χ4n) is 5.63. The quantitative estimate of drug-likeness (QED) is 0.206. The van der Waals surface area contributed by atoms with Crippen molar-refractivity contribution in [3.05, 3.63) is 82.9 Å². The lowest BCUT2D eigenvalue weighted by Gasteiger charge is -2.32. The Balaban J connectivity index is 1.14. The van der Waals surface area contributed by atoms with Crippen LogP contribution in [-0.2, 0) is 16.6 Å². The number of rotatable bonds is 9. The molecule has 1 aromatic carbocycles. The first kappa shape index (κ1) is 25.9. The molecule has 5 heterocycles. The van der Waals surface area contributed by atoms with Gasteiger partial charge in [0.25, 0.3) is 10.0 Å². The highest BCUT2D eigenvalue weighted by molar-refractivity contribution is 7.94. The molecule has 10 heteroatoms. The minimum Gasteiger partial charge on any atom is -0.351 e.